The Bertz CT molecular complexity index is 983. The number of piperidine rings is 1. The highest BCUT2D eigenvalue weighted by Crippen LogP contribution is 2.37. The second-order valence-electron chi connectivity index (χ2n) is 9.03. The minimum absolute atomic E-state index is 0.0124. The summed E-state index contributed by atoms with van der Waals surface area (Å²) in [5, 5.41) is 0. The average Bonchev–Trinajstić information content (AvgIpc) is 3.26. The maximum atomic E-state index is 13.4. The predicted molar refractivity (Wildman–Crippen MR) is 121 cm³/mol. The van der Waals surface area contributed by atoms with Gasteiger partial charge < -0.3 is 14.5 Å². The van der Waals surface area contributed by atoms with Gasteiger partial charge in [0, 0.05) is 35.9 Å². The van der Waals surface area contributed by atoms with Gasteiger partial charge in [-0.15, -0.1) is 0 Å². The summed E-state index contributed by atoms with van der Waals surface area (Å²) in [6.45, 7) is 1.52. The topological polar surface area (TPSA) is 49.9 Å². The highest BCUT2D eigenvalue weighted by molar-refractivity contribution is 6.07. The van der Waals surface area contributed by atoms with Crippen LogP contribution in [0, 0.1) is 5.92 Å². The number of hydrogen-bond donors (Lipinski definition) is 0. The fraction of sp³-hybridized carbons (Fsp3) is 0.462. The van der Waals surface area contributed by atoms with Gasteiger partial charge in [-0.3, -0.25) is 9.59 Å². The molecule has 1 aliphatic carbocycles. The molecule has 2 aliphatic heterocycles. The van der Waals surface area contributed by atoms with Crippen molar-refractivity contribution in [2.75, 3.05) is 25.1 Å². The van der Waals surface area contributed by atoms with Gasteiger partial charge in [0.25, 0.3) is 11.8 Å². The quantitative estimate of drug-likeness (QED) is 0.726. The molecule has 5 nitrogen and oxygen atoms in total. The van der Waals surface area contributed by atoms with E-state index in [2.05, 4.69) is 4.90 Å². The first-order chi connectivity index (χ1) is 15.2. The van der Waals surface area contributed by atoms with E-state index in [-0.39, 0.29) is 11.8 Å². The summed E-state index contributed by atoms with van der Waals surface area (Å²) >= 11 is 0. The zero-order valence-corrected chi connectivity index (χ0v) is 18.2. The van der Waals surface area contributed by atoms with E-state index >= 15 is 0 Å². The van der Waals surface area contributed by atoms with Gasteiger partial charge in [0.2, 0.25) is 0 Å². The van der Waals surface area contributed by atoms with Crippen LogP contribution in [0.3, 0.4) is 0 Å². The van der Waals surface area contributed by atoms with Crippen molar-refractivity contribution in [3.05, 3.63) is 59.2 Å². The van der Waals surface area contributed by atoms with Crippen LogP contribution in [0.5, 0.6) is 5.75 Å². The van der Waals surface area contributed by atoms with Crippen LogP contribution in [0.1, 0.15) is 64.8 Å². The normalized spacial score (nSPS) is 22.6. The molecule has 2 atom stereocenters. The molecule has 1 saturated heterocycles. The number of hydrogen-bond acceptors (Lipinski definition) is 3. The Balaban J connectivity index is 1.35. The van der Waals surface area contributed by atoms with Crippen LogP contribution in [0.4, 0.5) is 5.69 Å². The van der Waals surface area contributed by atoms with E-state index in [1.807, 2.05) is 35.2 Å². The summed E-state index contributed by atoms with van der Waals surface area (Å²) in [7, 11) is 1.62. The molecule has 0 N–H and O–H groups in total. The molecule has 2 aromatic rings. The monoisotopic (exact) mass is 418 g/mol. The number of benzene rings is 2. The molecule has 31 heavy (non-hydrogen) atoms. The molecule has 0 unspecified atom stereocenters. The Hall–Kier alpha value is -2.82. The minimum atomic E-state index is -0.0124. The Morgan fingerprint density at radius 1 is 0.871 bits per heavy atom. The smallest absolute Gasteiger partial charge is 0.258 e. The van der Waals surface area contributed by atoms with Gasteiger partial charge in [-0.1, -0.05) is 12.8 Å². The van der Waals surface area contributed by atoms with Crippen LogP contribution in [-0.4, -0.2) is 43.0 Å². The van der Waals surface area contributed by atoms with Gasteiger partial charge in [-0.2, -0.15) is 0 Å². The molecule has 0 spiro atoms. The van der Waals surface area contributed by atoms with Gasteiger partial charge in [0.05, 0.1) is 7.11 Å². The summed E-state index contributed by atoms with van der Waals surface area (Å²) in [4.78, 5) is 30.4. The molecule has 2 aromatic carbocycles. The van der Waals surface area contributed by atoms with E-state index in [1.54, 1.807) is 19.2 Å². The van der Waals surface area contributed by atoms with Crippen molar-refractivity contribution in [1.82, 2.24) is 4.90 Å². The first-order valence-electron chi connectivity index (χ1n) is 11.6. The van der Waals surface area contributed by atoms with Crippen LogP contribution >= 0.6 is 0 Å². The van der Waals surface area contributed by atoms with Crippen LogP contribution in [-0.2, 0) is 6.42 Å². The zero-order chi connectivity index (χ0) is 21.4. The lowest BCUT2D eigenvalue weighted by Gasteiger charge is -2.44. The van der Waals surface area contributed by atoms with E-state index in [9.17, 15) is 9.59 Å². The summed E-state index contributed by atoms with van der Waals surface area (Å²) in [5.41, 5.74) is 3.42. The minimum Gasteiger partial charge on any atom is -0.497 e. The fourth-order valence-corrected chi connectivity index (χ4v) is 5.68. The first kappa shape index (κ1) is 20.1. The van der Waals surface area contributed by atoms with Crippen LogP contribution in [0.2, 0.25) is 0 Å². The molecule has 2 heterocycles. The molecule has 2 amide bonds. The number of likely N-dealkylation sites (tertiary alicyclic amines) is 1. The first-order valence-corrected chi connectivity index (χ1v) is 11.6. The number of carbonyl (C=O) groups is 2. The molecule has 2 fully saturated rings. The maximum Gasteiger partial charge on any atom is 0.258 e. The second-order valence-corrected chi connectivity index (χ2v) is 9.03. The van der Waals surface area contributed by atoms with Gasteiger partial charge in [0.15, 0.2) is 0 Å². The fourth-order valence-electron chi connectivity index (χ4n) is 5.68. The lowest BCUT2D eigenvalue weighted by Crippen LogP contribution is -2.49. The zero-order valence-electron chi connectivity index (χ0n) is 18.2. The van der Waals surface area contributed by atoms with E-state index in [4.69, 9.17) is 4.74 Å². The van der Waals surface area contributed by atoms with Crippen molar-refractivity contribution in [1.29, 1.82) is 0 Å². The standard InChI is InChI=1S/C26H30N2O3/c1-31-22-11-8-19(9-12-22)25(29)28-16-14-20-17-21(10-13-24(20)28)26(30)27-15-4-6-18-5-2-3-7-23(18)27/h8-13,17-18,23H,2-7,14-16H2,1H3/t18-,23-/m1/s1. The van der Waals surface area contributed by atoms with Crippen molar-refractivity contribution in [3.8, 4) is 5.75 Å². The highest BCUT2D eigenvalue weighted by Gasteiger charge is 2.36. The summed E-state index contributed by atoms with van der Waals surface area (Å²) in [5.74, 6) is 1.57. The van der Waals surface area contributed by atoms with E-state index in [0.29, 0.717) is 24.1 Å². The SMILES string of the molecule is COc1ccc(C(=O)N2CCc3cc(C(=O)N4CCC[C@H]5CCCC[C@H]54)ccc32)cc1. The number of fused-ring (bicyclic) bond motifs is 2. The Labute approximate surface area is 184 Å². The number of amides is 2. The molecule has 5 rings (SSSR count). The molecule has 0 radical (unpaired) electrons. The van der Waals surface area contributed by atoms with Crippen LogP contribution < -0.4 is 9.64 Å². The largest absolute Gasteiger partial charge is 0.497 e. The number of rotatable bonds is 3. The van der Waals surface area contributed by atoms with Crippen molar-refractivity contribution >= 4 is 17.5 Å². The third-order valence-corrected chi connectivity index (χ3v) is 7.31. The van der Waals surface area contributed by atoms with Gasteiger partial charge in [-0.05, 0) is 86.1 Å². The molecule has 162 valence electrons. The lowest BCUT2D eigenvalue weighted by molar-refractivity contribution is 0.0390. The van der Waals surface area contributed by atoms with E-state index in [1.165, 1.54) is 25.7 Å². The number of methoxy groups -OCH3 is 1. The number of carbonyl (C=O) groups excluding carboxylic acids is 2. The van der Waals surface area contributed by atoms with Crippen molar-refractivity contribution < 1.29 is 14.3 Å². The number of anilines is 1. The Morgan fingerprint density at radius 3 is 2.42 bits per heavy atom. The van der Waals surface area contributed by atoms with Gasteiger partial charge in [0.1, 0.15) is 5.75 Å². The van der Waals surface area contributed by atoms with E-state index in [0.717, 1.165) is 48.4 Å². The number of ether oxygens (including phenoxy) is 1. The van der Waals surface area contributed by atoms with Crippen molar-refractivity contribution in [2.45, 2.75) is 51.0 Å². The molecule has 0 bridgehead atoms. The summed E-state index contributed by atoms with van der Waals surface area (Å²) in [6.07, 6.45) is 8.11. The van der Waals surface area contributed by atoms with Crippen LogP contribution in [0.25, 0.3) is 0 Å². The van der Waals surface area contributed by atoms with Gasteiger partial charge in [-0.25, -0.2) is 0 Å². The third-order valence-electron chi connectivity index (χ3n) is 7.31. The molecule has 1 saturated carbocycles. The van der Waals surface area contributed by atoms with Gasteiger partial charge >= 0.3 is 0 Å². The average molecular weight is 419 g/mol. The third kappa shape index (κ3) is 3.71. The molecular weight excluding hydrogens is 388 g/mol. The summed E-state index contributed by atoms with van der Waals surface area (Å²) in [6, 6.07) is 13.5. The van der Waals surface area contributed by atoms with E-state index < -0.39 is 0 Å². The molecule has 5 heteroatoms. The summed E-state index contributed by atoms with van der Waals surface area (Å²) < 4.78 is 5.19. The Kier molecular flexibility index (Phi) is 5.43. The van der Waals surface area contributed by atoms with Crippen LogP contribution in [0.15, 0.2) is 42.5 Å². The lowest BCUT2D eigenvalue weighted by atomic mass is 9.78. The maximum absolute atomic E-state index is 13.4. The Morgan fingerprint density at radius 2 is 1.61 bits per heavy atom. The number of nitrogens with zero attached hydrogens (tertiary/aromatic N) is 2. The highest BCUT2D eigenvalue weighted by atomic mass is 16.5. The second kappa shape index (κ2) is 8.37. The van der Waals surface area contributed by atoms with Crippen molar-refractivity contribution in [3.63, 3.8) is 0 Å². The van der Waals surface area contributed by atoms with Crippen molar-refractivity contribution in [2.24, 2.45) is 5.92 Å². The molecule has 3 aliphatic rings. The molecular formula is C26H30N2O3. The molecule has 0 aromatic heterocycles. The predicted octanol–water partition coefficient (Wildman–Crippen LogP) is 4.69.